The first-order valence-corrected chi connectivity index (χ1v) is 3.73. The minimum Gasteiger partial charge on any atom is -0.353 e. The van der Waals surface area contributed by atoms with Crippen LogP contribution in [0.15, 0.2) is 12.2 Å². The van der Waals surface area contributed by atoms with Gasteiger partial charge in [-0.2, -0.15) is 0 Å². The zero-order valence-electron chi connectivity index (χ0n) is 6.54. The topological polar surface area (TPSA) is 18.5 Å². The van der Waals surface area contributed by atoms with Crippen LogP contribution in [0.1, 0.15) is 20.3 Å². The van der Waals surface area contributed by atoms with Crippen molar-refractivity contribution in [2.24, 2.45) is 0 Å². The molecule has 1 heterocycles. The van der Waals surface area contributed by atoms with Gasteiger partial charge in [0, 0.05) is 6.42 Å². The van der Waals surface area contributed by atoms with Gasteiger partial charge in [0.25, 0.3) is 0 Å². The molecule has 2 atom stereocenters. The summed E-state index contributed by atoms with van der Waals surface area (Å²) in [4.78, 5) is 0. The minimum absolute atomic E-state index is 0.0325. The second kappa shape index (κ2) is 3.74. The average Bonchev–Trinajstić information content (AvgIpc) is 1.88. The van der Waals surface area contributed by atoms with Gasteiger partial charge < -0.3 is 9.47 Å². The minimum atomic E-state index is -0.0325. The molecule has 0 aliphatic carbocycles. The maximum Gasteiger partial charge on any atom is 0.155 e. The maximum absolute atomic E-state index is 5.42. The van der Waals surface area contributed by atoms with Gasteiger partial charge in [0.2, 0.25) is 0 Å². The third-order valence-electron chi connectivity index (χ3n) is 1.53. The summed E-state index contributed by atoms with van der Waals surface area (Å²) < 4.78 is 10.6. The highest BCUT2D eigenvalue weighted by atomic mass is 16.7. The van der Waals surface area contributed by atoms with Crippen LogP contribution in [0.2, 0.25) is 0 Å². The van der Waals surface area contributed by atoms with Gasteiger partial charge in [-0.1, -0.05) is 12.2 Å². The van der Waals surface area contributed by atoms with Crippen molar-refractivity contribution in [2.75, 3.05) is 6.61 Å². The summed E-state index contributed by atoms with van der Waals surface area (Å²) in [6.45, 7) is 4.75. The monoisotopic (exact) mass is 142 g/mol. The number of rotatable bonds is 1. The van der Waals surface area contributed by atoms with E-state index in [4.69, 9.17) is 9.47 Å². The lowest BCUT2D eigenvalue weighted by Crippen LogP contribution is -2.28. The van der Waals surface area contributed by atoms with Crippen LogP contribution in [0.5, 0.6) is 0 Å². The molecular weight excluding hydrogens is 128 g/mol. The second-order valence-corrected chi connectivity index (χ2v) is 2.43. The van der Waals surface area contributed by atoms with Crippen LogP contribution in [-0.2, 0) is 9.47 Å². The molecule has 1 fully saturated rings. The van der Waals surface area contributed by atoms with Crippen LogP contribution in [0, 0.1) is 0 Å². The molecule has 0 N–H and O–H groups in total. The predicted molar refractivity (Wildman–Crippen MR) is 39.7 cm³/mol. The van der Waals surface area contributed by atoms with E-state index in [1.165, 1.54) is 0 Å². The zero-order valence-corrected chi connectivity index (χ0v) is 6.54. The molecule has 1 saturated heterocycles. The molecule has 2 nitrogen and oxygen atoms in total. The van der Waals surface area contributed by atoms with Crippen LogP contribution >= 0.6 is 0 Å². The van der Waals surface area contributed by atoms with Crippen molar-refractivity contribution in [3.05, 3.63) is 12.2 Å². The number of ether oxygens (including phenoxy) is 2. The Hall–Kier alpha value is -0.340. The highest BCUT2D eigenvalue weighted by molar-refractivity contribution is 4.87. The summed E-state index contributed by atoms with van der Waals surface area (Å²) in [6.07, 6.45) is 5.31. The Morgan fingerprint density at radius 2 is 2.30 bits per heavy atom. The van der Waals surface area contributed by atoms with Gasteiger partial charge in [-0.15, -0.1) is 0 Å². The Balaban J connectivity index is 2.32. The fourth-order valence-electron chi connectivity index (χ4n) is 1.06. The molecule has 2 heteroatoms. The Morgan fingerprint density at radius 1 is 1.50 bits per heavy atom. The van der Waals surface area contributed by atoms with Crippen molar-refractivity contribution in [3.63, 3.8) is 0 Å². The fraction of sp³-hybridized carbons (Fsp3) is 0.750. The summed E-state index contributed by atoms with van der Waals surface area (Å²) in [7, 11) is 0. The molecule has 2 unspecified atom stereocenters. The van der Waals surface area contributed by atoms with Gasteiger partial charge in [0.15, 0.2) is 6.29 Å². The van der Waals surface area contributed by atoms with Crippen LogP contribution < -0.4 is 0 Å². The van der Waals surface area contributed by atoms with Crippen LogP contribution in [0.4, 0.5) is 0 Å². The van der Waals surface area contributed by atoms with Gasteiger partial charge in [-0.3, -0.25) is 0 Å². The molecule has 0 spiro atoms. The van der Waals surface area contributed by atoms with Crippen molar-refractivity contribution in [1.82, 2.24) is 0 Å². The lowest BCUT2D eigenvalue weighted by atomic mass is 10.2. The fourth-order valence-corrected chi connectivity index (χ4v) is 1.06. The normalized spacial score (nSPS) is 35.0. The average molecular weight is 142 g/mol. The van der Waals surface area contributed by atoms with E-state index in [1.807, 2.05) is 19.9 Å². The Bertz CT molecular complexity index is 120. The molecule has 0 bridgehead atoms. The third-order valence-corrected chi connectivity index (χ3v) is 1.53. The standard InChI is InChI=1S/C8H14O2/c1-3-4-8-5-6-9-7(2)10-8/h3-4,7-8H,5-6H2,1-2H3. The van der Waals surface area contributed by atoms with Gasteiger partial charge in [-0.25, -0.2) is 0 Å². The smallest absolute Gasteiger partial charge is 0.155 e. The van der Waals surface area contributed by atoms with Gasteiger partial charge >= 0.3 is 0 Å². The van der Waals surface area contributed by atoms with Gasteiger partial charge in [0.1, 0.15) is 0 Å². The molecule has 0 aromatic heterocycles. The molecule has 10 heavy (non-hydrogen) atoms. The van der Waals surface area contributed by atoms with Crippen molar-refractivity contribution >= 4 is 0 Å². The Morgan fingerprint density at radius 3 is 2.90 bits per heavy atom. The van der Waals surface area contributed by atoms with Crippen molar-refractivity contribution in [3.8, 4) is 0 Å². The van der Waals surface area contributed by atoms with Crippen molar-refractivity contribution in [2.45, 2.75) is 32.7 Å². The molecule has 0 aromatic carbocycles. The first kappa shape index (κ1) is 7.76. The lowest BCUT2D eigenvalue weighted by molar-refractivity contribution is -0.189. The third kappa shape index (κ3) is 2.12. The molecular formula is C8H14O2. The molecule has 1 aliphatic heterocycles. The summed E-state index contributed by atoms with van der Waals surface area (Å²) in [6, 6.07) is 0. The first-order chi connectivity index (χ1) is 4.83. The molecule has 58 valence electrons. The molecule has 0 amide bonds. The summed E-state index contributed by atoms with van der Waals surface area (Å²) >= 11 is 0. The highest BCUT2D eigenvalue weighted by Gasteiger charge is 2.15. The van der Waals surface area contributed by atoms with E-state index in [0.717, 1.165) is 13.0 Å². The molecule has 1 aliphatic rings. The van der Waals surface area contributed by atoms with Crippen LogP contribution in [0.3, 0.4) is 0 Å². The molecule has 0 radical (unpaired) electrons. The number of allylic oxidation sites excluding steroid dienone is 1. The lowest BCUT2D eigenvalue weighted by Gasteiger charge is -2.25. The van der Waals surface area contributed by atoms with Crippen molar-refractivity contribution in [1.29, 1.82) is 0 Å². The maximum atomic E-state index is 5.42. The van der Waals surface area contributed by atoms with Gasteiger partial charge in [-0.05, 0) is 13.8 Å². The van der Waals surface area contributed by atoms with Crippen molar-refractivity contribution < 1.29 is 9.47 Å². The predicted octanol–water partition coefficient (Wildman–Crippen LogP) is 1.71. The Kier molecular flexibility index (Phi) is 2.90. The Labute approximate surface area is 61.8 Å². The van der Waals surface area contributed by atoms with E-state index in [-0.39, 0.29) is 12.4 Å². The van der Waals surface area contributed by atoms with E-state index in [9.17, 15) is 0 Å². The van der Waals surface area contributed by atoms with E-state index < -0.39 is 0 Å². The SMILES string of the molecule is CC=CC1CCOC(C)O1. The first-order valence-electron chi connectivity index (χ1n) is 3.73. The van der Waals surface area contributed by atoms with Crippen LogP contribution in [0.25, 0.3) is 0 Å². The number of hydrogen-bond acceptors (Lipinski definition) is 2. The van der Waals surface area contributed by atoms with E-state index >= 15 is 0 Å². The van der Waals surface area contributed by atoms with E-state index in [0.29, 0.717) is 0 Å². The second-order valence-electron chi connectivity index (χ2n) is 2.43. The zero-order chi connectivity index (χ0) is 7.40. The number of hydrogen-bond donors (Lipinski definition) is 0. The van der Waals surface area contributed by atoms with Gasteiger partial charge in [0.05, 0.1) is 12.7 Å². The summed E-state index contributed by atoms with van der Waals surface area (Å²) in [5, 5.41) is 0. The molecule has 1 rings (SSSR count). The van der Waals surface area contributed by atoms with E-state index in [1.54, 1.807) is 0 Å². The van der Waals surface area contributed by atoms with E-state index in [2.05, 4.69) is 6.08 Å². The summed E-state index contributed by atoms with van der Waals surface area (Å²) in [5.41, 5.74) is 0. The molecule has 0 aromatic rings. The summed E-state index contributed by atoms with van der Waals surface area (Å²) in [5.74, 6) is 0. The van der Waals surface area contributed by atoms with Crippen LogP contribution in [-0.4, -0.2) is 19.0 Å². The largest absolute Gasteiger partial charge is 0.353 e. The highest BCUT2D eigenvalue weighted by Crippen LogP contribution is 2.12. The quantitative estimate of drug-likeness (QED) is 0.519. The molecule has 0 saturated carbocycles.